The average Bonchev–Trinajstić information content (AvgIpc) is 2.74. The van der Waals surface area contributed by atoms with Gasteiger partial charge in [-0.05, 0) is 41.5 Å². The molecule has 0 bridgehead atoms. The van der Waals surface area contributed by atoms with Crippen LogP contribution in [0.15, 0.2) is 54.6 Å². The molecule has 3 rings (SSSR count). The summed E-state index contributed by atoms with van der Waals surface area (Å²) in [4.78, 5) is 14.6. The Labute approximate surface area is 164 Å². The van der Waals surface area contributed by atoms with E-state index in [4.69, 9.17) is 9.47 Å². The van der Waals surface area contributed by atoms with Crippen molar-refractivity contribution in [2.75, 3.05) is 40.0 Å². The normalized spacial score (nSPS) is 16.1. The molecule has 1 aliphatic rings. The highest BCUT2D eigenvalue weighted by Crippen LogP contribution is 2.23. The standard InChI is InChI=1S/C22H25FN2O3/c1-27-20-8-6-18(7-9-20)21(25-11-13-28-14-12-25)16-24-22(26)10-5-17-3-2-4-19(23)15-17/h2-10,15,21H,11-14,16H2,1H3,(H,24,26)/b10-5+. The Morgan fingerprint density at radius 2 is 2.00 bits per heavy atom. The van der Waals surface area contributed by atoms with E-state index in [0.29, 0.717) is 25.3 Å². The Kier molecular flexibility index (Phi) is 7.17. The minimum atomic E-state index is -0.325. The number of amides is 1. The molecule has 28 heavy (non-hydrogen) atoms. The van der Waals surface area contributed by atoms with E-state index in [9.17, 15) is 9.18 Å². The minimum Gasteiger partial charge on any atom is -0.497 e. The second kappa shape index (κ2) is 10.0. The van der Waals surface area contributed by atoms with Crippen molar-refractivity contribution in [1.82, 2.24) is 10.2 Å². The summed E-state index contributed by atoms with van der Waals surface area (Å²) in [6.07, 6.45) is 3.04. The maximum absolute atomic E-state index is 13.2. The number of nitrogens with one attached hydrogen (secondary N) is 1. The van der Waals surface area contributed by atoms with Gasteiger partial charge in [-0.1, -0.05) is 24.3 Å². The molecule has 0 spiro atoms. The van der Waals surface area contributed by atoms with Gasteiger partial charge in [0.05, 0.1) is 26.4 Å². The molecule has 6 heteroatoms. The van der Waals surface area contributed by atoms with Gasteiger partial charge in [0.2, 0.25) is 5.91 Å². The molecule has 1 heterocycles. The Bertz CT molecular complexity index is 802. The molecular weight excluding hydrogens is 359 g/mol. The second-order valence-corrected chi connectivity index (χ2v) is 6.57. The van der Waals surface area contributed by atoms with E-state index >= 15 is 0 Å². The van der Waals surface area contributed by atoms with Gasteiger partial charge < -0.3 is 14.8 Å². The highest BCUT2D eigenvalue weighted by molar-refractivity contribution is 5.91. The monoisotopic (exact) mass is 384 g/mol. The van der Waals surface area contributed by atoms with Gasteiger partial charge in [0, 0.05) is 25.7 Å². The number of nitrogens with zero attached hydrogens (tertiary/aromatic N) is 1. The molecule has 1 atom stereocenters. The third-order valence-corrected chi connectivity index (χ3v) is 4.73. The molecule has 5 nitrogen and oxygen atoms in total. The molecule has 2 aromatic rings. The van der Waals surface area contributed by atoms with Gasteiger partial charge in [-0.3, -0.25) is 9.69 Å². The van der Waals surface area contributed by atoms with Crippen molar-refractivity contribution in [2.45, 2.75) is 6.04 Å². The van der Waals surface area contributed by atoms with E-state index in [1.807, 2.05) is 24.3 Å². The summed E-state index contributed by atoms with van der Waals surface area (Å²) in [5.41, 5.74) is 1.76. The molecule has 148 valence electrons. The zero-order chi connectivity index (χ0) is 19.8. The Morgan fingerprint density at radius 3 is 2.68 bits per heavy atom. The third kappa shape index (κ3) is 5.65. The number of benzene rings is 2. The van der Waals surface area contributed by atoms with Crippen molar-refractivity contribution in [3.05, 3.63) is 71.6 Å². The lowest BCUT2D eigenvalue weighted by Gasteiger charge is -2.34. The molecule has 0 saturated carbocycles. The van der Waals surface area contributed by atoms with Crippen molar-refractivity contribution in [2.24, 2.45) is 0 Å². The van der Waals surface area contributed by atoms with Crippen LogP contribution in [0, 0.1) is 5.82 Å². The second-order valence-electron chi connectivity index (χ2n) is 6.57. The Hall–Kier alpha value is -2.70. The highest BCUT2D eigenvalue weighted by Gasteiger charge is 2.23. The van der Waals surface area contributed by atoms with Crippen molar-refractivity contribution in [1.29, 1.82) is 0 Å². The predicted molar refractivity (Wildman–Crippen MR) is 107 cm³/mol. The largest absolute Gasteiger partial charge is 0.497 e. The van der Waals surface area contributed by atoms with Crippen molar-refractivity contribution >= 4 is 12.0 Å². The molecule has 1 unspecified atom stereocenters. The molecule has 2 aromatic carbocycles. The SMILES string of the molecule is COc1ccc(C(CNC(=O)/C=C/c2cccc(F)c2)N2CCOCC2)cc1. The predicted octanol–water partition coefficient (Wildman–Crippen LogP) is 3.04. The maximum Gasteiger partial charge on any atom is 0.244 e. The third-order valence-electron chi connectivity index (χ3n) is 4.73. The van der Waals surface area contributed by atoms with Crippen molar-refractivity contribution in [3.8, 4) is 5.75 Å². The maximum atomic E-state index is 13.2. The van der Waals surface area contributed by atoms with Crippen LogP contribution in [0.2, 0.25) is 0 Å². The van der Waals surface area contributed by atoms with Crippen LogP contribution in [0.5, 0.6) is 5.75 Å². The van der Waals surface area contributed by atoms with Crippen LogP contribution in [0.25, 0.3) is 6.08 Å². The molecule has 1 saturated heterocycles. The zero-order valence-electron chi connectivity index (χ0n) is 15.9. The molecule has 1 aliphatic heterocycles. The summed E-state index contributed by atoms with van der Waals surface area (Å²) < 4.78 is 23.9. The summed E-state index contributed by atoms with van der Waals surface area (Å²) >= 11 is 0. The number of morpholine rings is 1. The number of hydrogen-bond acceptors (Lipinski definition) is 4. The van der Waals surface area contributed by atoms with Gasteiger partial charge in [0.1, 0.15) is 11.6 Å². The molecule has 0 aliphatic carbocycles. The molecule has 1 fully saturated rings. The molecular formula is C22H25FN2O3. The first-order chi connectivity index (χ1) is 13.7. The molecule has 0 aromatic heterocycles. The number of carbonyl (C=O) groups excluding carboxylic acids is 1. The molecule has 0 radical (unpaired) electrons. The quantitative estimate of drug-likeness (QED) is 0.746. The summed E-state index contributed by atoms with van der Waals surface area (Å²) in [5, 5.41) is 2.96. The van der Waals surface area contributed by atoms with E-state index in [1.54, 1.807) is 25.3 Å². The van der Waals surface area contributed by atoms with E-state index in [2.05, 4.69) is 10.2 Å². The van der Waals surface area contributed by atoms with Gasteiger partial charge in [-0.2, -0.15) is 0 Å². The first-order valence-electron chi connectivity index (χ1n) is 9.33. The van der Waals surface area contributed by atoms with E-state index in [1.165, 1.54) is 18.2 Å². The number of ether oxygens (including phenoxy) is 2. The topological polar surface area (TPSA) is 50.8 Å². The van der Waals surface area contributed by atoms with Gasteiger partial charge in [0.25, 0.3) is 0 Å². The summed E-state index contributed by atoms with van der Waals surface area (Å²) in [7, 11) is 1.64. The lowest BCUT2D eigenvalue weighted by Crippen LogP contribution is -2.43. The Morgan fingerprint density at radius 1 is 1.25 bits per heavy atom. The van der Waals surface area contributed by atoms with Crippen LogP contribution in [0.1, 0.15) is 17.2 Å². The van der Waals surface area contributed by atoms with Gasteiger partial charge in [-0.25, -0.2) is 4.39 Å². The average molecular weight is 384 g/mol. The lowest BCUT2D eigenvalue weighted by atomic mass is 10.0. The number of rotatable bonds is 7. The smallest absolute Gasteiger partial charge is 0.244 e. The van der Waals surface area contributed by atoms with Gasteiger partial charge >= 0.3 is 0 Å². The lowest BCUT2D eigenvalue weighted by molar-refractivity contribution is -0.116. The fourth-order valence-electron chi connectivity index (χ4n) is 3.21. The minimum absolute atomic E-state index is 0.0429. The summed E-state index contributed by atoms with van der Waals surface area (Å²) in [6.45, 7) is 3.45. The molecule has 1 amide bonds. The first kappa shape index (κ1) is 20.0. The highest BCUT2D eigenvalue weighted by atomic mass is 19.1. The summed E-state index contributed by atoms with van der Waals surface area (Å²) in [5.74, 6) is 0.261. The first-order valence-corrected chi connectivity index (χ1v) is 9.33. The zero-order valence-corrected chi connectivity index (χ0v) is 15.9. The Balaban J connectivity index is 1.65. The van der Waals surface area contributed by atoms with Crippen molar-refractivity contribution < 1.29 is 18.7 Å². The molecule has 1 N–H and O–H groups in total. The van der Waals surface area contributed by atoms with Gasteiger partial charge in [0.15, 0.2) is 0 Å². The van der Waals surface area contributed by atoms with Crippen LogP contribution in [-0.4, -0.2) is 50.8 Å². The number of carbonyl (C=O) groups is 1. The fourth-order valence-corrected chi connectivity index (χ4v) is 3.21. The van der Waals surface area contributed by atoms with E-state index in [0.717, 1.165) is 24.4 Å². The number of halogens is 1. The van der Waals surface area contributed by atoms with Crippen LogP contribution in [0.4, 0.5) is 4.39 Å². The fraction of sp³-hybridized carbons (Fsp3) is 0.318. The van der Waals surface area contributed by atoms with Crippen molar-refractivity contribution in [3.63, 3.8) is 0 Å². The van der Waals surface area contributed by atoms with Crippen LogP contribution >= 0.6 is 0 Å². The van der Waals surface area contributed by atoms with Crippen LogP contribution in [-0.2, 0) is 9.53 Å². The van der Waals surface area contributed by atoms with E-state index < -0.39 is 0 Å². The van der Waals surface area contributed by atoms with Crippen LogP contribution < -0.4 is 10.1 Å². The van der Waals surface area contributed by atoms with Crippen LogP contribution in [0.3, 0.4) is 0 Å². The number of methoxy groups -OCH3 is 1. The number of hydrogen-bond donors (Lipinski definition) is 1. The van der Waals surface area contributed by atoms with Gasteiger partial charge in [-0.15, -0.1) is 0 Å². The summed E-state index contributed by atoms with van der Waals surface area (Å²) in [6, 6.07) is 14.1. The van der Waals surface area contributed by atoms with E-state index in [-0.39, 0.29) is 17.8 Å².